The van der Waals surface area contributed by atoms with Crippen molar-refractivity contribution < 1.29 is 13.9 Å². The molecule has 5 heteroatoms. The SMILES string of the molecule is NC(=O)c1ccc(F)c2c1CC(NCCC1CC1)CO2. The number of primary amides is 1. The molecule has 1 aliphatic heterocycles. The second kappa shape index (κ2) is 5.40. The Kier molecular flexibility index (Phi) is 3.61. The number of fused-ring (bicyclic) bond motifs is 1. The summed E-state index contributed by atoms with van der Waals surface area (Å²) in [5.41, 5.74) is 6.29. The Morgan fingerprint density at radius 2 is 2.25 bits per heavy atom. The van der Waals surface area contributed by atoms with Gasteiger partial charge in [-0.15, -0.1) is 0 Å². The van der Waals surface area contributed by atoms with Crippen molar-refractivity contribution in [3.8, 4) is 5.75 Å². The minimum absolute atomic E-state index is 0.112. The minimum Gasteiger partial charge on any atom is -0.489 e. The number of nitrogens with one attached hydrogen (secondary N) is 1. The van der Waals surface area contributed by atoms with Crippen LogP contribution in [0.5, 0.6) is 5.75 Å². The van der Waals surface area contributed by atoms with Crippen molar-refractivity contribution in [2.24, 2.45) is 11.7 Å². The van der Waals surface area contributed by atoms with Crippen molar-refractivity contribution in [3.63, 3.8) is 0 Å². The molecule has 0 spiro atoms. The highest BCUT2D eigenvalue weighted by Gasteiger charge is 2.27. The highest BCUT2D eigenvalue weighted by molar-refractivity contribution is 5.95. The van der Waals surface area contributed by atoms with Gasteiger partial charge in [0.05, 0.1) is 0 Å². The molecule has 3 rings (SSSR count). The van der Waals surface area contributed by atoms with Crippen LogP contribution in [0.3, 0.4) is 0 Å². The van der Waals surface area contributed by atoms with Crippen LogP contribution in [0.4, 0.5) is 4.39 Å². The average Bonchev–Trinajstić information content (AvgIpc) is 3.23. The Bertz CT molecular complexity index is 529. The molecule has 1 amide bonds. The van der Waals surface area contributed by atoms with Crippen molar-refractivity contribution in [3.05, 3.63) is 29.1 Å². The number of hydrogen-bond donors (Lipinski definition) is 2. The summed E-state index contributed by atoms with van der Waals surface area (Å²) < 4.78 is 19.2. The van der Waals surface area contributed by atoms with Gasteiger partial charge in [-0.2, -0.15) is 0 Å². The Morgan fingerprint density at radius 3 is 2.95 bits per heavy atom. The number of ether oxygens (including phenoxy) is 1. The Labute approximate surface area is 117 Å². The predicted molar refractivity (Wildman–Crippen MR) is 73.2 cm³/mol. The van der Waals surface area contributed by atoms with Crippen molar-refractivity contribution in [2.75, 3.05) is 13.2 Å². The van der Waals surface area contributed by atoms with Crippen LogP contribution in [0, 0.1) is 11.7 Å². The lowest BCUT2D eigenvalue weighted by atomic mass is 9.96. The molecule has 1 unspecified atom stereocenters. The van der Waals surface area contributed by atoms with Crippen molar-refractivity contribution in [1.29, 1.82) is 0 Å². The van der Waals surface area contributed by atoms with Gasteiger partial charge in [-0.25, -0.2) is 4.39 Å². The van der Waals surface area contributed by atoms with E-state index >= 15 is 0 Å². The first-order valence-corrected chi connectivity index (χ1v) is 7.12. The fourth-order valence-electron chi connectivity index (χ4n) is 2.71. The zero-order chi connectivity index (χ0) is 14.1. The number of halogens is 1. The van der Waals surface area contributed by atoms with E-state index in [1.807, 2.05) is 0 Å². The van der Waals surface area contributed by atoms with E-state index in [9.17, 15) is 9.18 Å². The third kappa shape index (κ3) is 2.77. The lowest BCUT2D eigenvalue weighted by molar-refractivity contribution is 0.0997. The van der Waals surface area contributed by atoms with Gasteiger partial charge in [0.1, 0.15) is 6.61 Å². The summed E-state index contributed by atoms with van der Waals surface area (Å²) in [5.74, 6) is 0.0874. The molecule has 1 aliphatic carbocycles. The van der Waals surface area contributed by atoms with E-state index in [0.717, 1.165) is 12.5 Å². The summed E-state index contributed by atoms with van der Waals surface area (Å²) in [7, 11) is 0. The van der Waals surface area contributed by atoms with Crippen molar-refractivity contribution >= 4 is 5.91 Å². The summed E-state index contributed by atoms with van der Waals surface area (Å²) >= 11 is 0. The van der Waals surface area contributed by atoms with Gasteiger partial charge < -0.3 is 15.8 Å². The first-order chi connectivity index (χ1) is 9.65. The fourth-order valence-corrected chi connectivity index (χ4v) is 2.71. The lowest BCUT2D eigenvalue weighted by Crippen LogP contribution is -2.40. The molecule has 20 heavy (non-hydrogen) atoms. The number of nitrogens with two attached hydrogens (primary N) is 1. The van der Waals surface area contributed by atoms with E-state index < -0.39 is 11.7 Å². The molecule has 2 aliphatic rings. The molecule has 1 fully saturated rings. The molecular weight excluding hydrogens is 259 g/mol. The quantitative estimate of drug-likeness (QED) is 0.860. The van der Waals surface area contributed by atoms with Crippen molar-refractivity contribution in [2.45, 2.75) is 31.7 Å². The van der Waals surface area contributed by atoms with Crippen LogP contribution in [0.2, 0.25) is 0 Å². The van der Waals surface area contributed by atoms with E-state index in [4.69, 9.17) is 10.5 Å². The Balaban J connectivity index is 1.71. The zero-order valence-electron chi connectivity index (χ0n) is 11.3. The van der Waals surface area contributed by atoms with Crippen molar-refractivity contribution in [1.82, 2.24) is 5.32 Å². The molecule has 0 bridgehead atoms. The smallest absolute Gasteiger partial charge is 0.249 e. The maximum atomic E-state index is 13.7. The molecule has 1 aromatic rings. The van der Waals surface area contributed by atoms with Crippen LogP contribution in [0.1, 0.15) is 35.2 Å². The molecule has 4 nitrogen and oxygen atoms in total. The van der Waals surface area contributed by atoms with E-state index in [0.29, 0.717) is 24.2 Å². The summed E-state index contributed by atoms with van der Waals surface area (Å²) in [6.07, 6.45) is 4.43. The topological polar surface area (TPSA) is 64.4 Å². The molecule has 1 saturated carbocycles. The molecular formula is C15H19FN2O2. The maximum Gasteiger partial charge on any atom is 0.249 e. The standard InChI is InChI=1S/C15H19FN2O2/c16-13-4-3-11(15(17)19)12-7-10(8-20-14(12)13)18-6-5-9-1-2-9/h3-4,9-10,18H,1-2,5-8H2,(H2,17,19). The number of rotatable bonds is 5. The molecule has 1 aromatic carbocycles. The second-order valence-electron chi connectivity index (χ2n) is 5.67. The number of amides is 1. The van der Waals surface area contributed by atoms with Gasteiger partial charge in [0.15, 0.2) is 11.6 Å². The number of carbonyl (C=O) groups excluding carboxylic acids is 1. The molecule has 1 heterocycles. The van der Waals surface area contributed by atoms with E-state index in [1.165, 1.54) is 31.4 Å². The van der Waals surface area contributed by atoms with Crippen LogP contribution in [-0.2, 0) is 6.42 Å². The third-order valence-electron chi connectivity index (χ3n) is 4.04. The van der Waals surface area contributed by atoms with E-state index in [1.54, 1.807) is 0 Å². The van der Waals surface area contributed by atoms with Gasteiger partial charge in [0, 0.05) is 17.2 Å². The Hall–Kier alpha value is -1.62. The highest BCUT2D eigenvalue weighted by atomic mass is 19.1. The minimum atomic E-state index is -0.538. The summed E-state index contributed by atoms with van der Waals surface area (Å²) in [6, 6.07) is 2.79. The molecule has 0 radical (unpaired) electrons. The van der Waals surface area contributed by atoms with Crippen LogP contribution in [0.15, 0.2) is 12.1 Å². The molecule has 1 atom stereocenters. The largest absolute Gasteiger partial charge is 0.489 e. The molecule has 0 saturated heterocycles. The Morgan fingerprint density at radius 1 is 1.45 bits per heavy atom. The van der Waals surface area contributed by atoms with Gasteiger partial charge in [-0.05, 0) is 37.4 Å². The monoisotopic (exact) mass is 278 g/mol. The maximum absolute atomic E-state index is 13.7. The highest BCUT2D eigenvalue weighted by Crippen LogP contribution is 2.33. The van der Waals surface area contributed by atoms with Crippen LogP contribution in [-0.4, -0.2) is 25.1 Å². The van der Waals surface area contributed by atoms with E-state index in [-0.39, 0.29) is 11.8 Å². The number of hydrogen-bond acceptors (Lipinski definition) is 3. The van der Waals surface area contributed by atoms with Crippen LogP contribution >= 0.6 is 0 Å². The van der Waals surface area contributed by atoms with Gasteiger partial charge in [-0.1, -0.05) is 12.8 Å². The number of carbonyl (C=O) groups is 1. The first kappa shape index (κ1) is 13.4. The lowest BCUT2D eigenvalue weighted by Gasteiger charge is -2.27. The molecule has 0 aromatic heterocycles. The fraction of sp³-hybridized carbons (Fsp3) is 0.533. The predicted octanol–water partition coefficient (Wildman–Crippen LogP) is 1.62. The normalized spacial score (nSPS) is 21.1. The van der Waals surface area contributed by atoms with Gasteiger partial charge in [0.25, 0.3) is 0 Å². The summed E-state index contributed by atoms with van der Waals surface area (Å²) in [5, 5.41) is 3.42. The molecule has 108 valence electrons. The number of benzene rings is 1. The first-order valence-electron chi connectivity index (χ1n) is 7.12. The summed E-state index contributed by atoms with van der Waals surface area (Å²) in [4.78, 5) is 11.4. The van der Waals surface area contributed by atoms with Crippen LogP contribution in [0.25, 0.3) is 0 Å². The van der Waals surface area contributed by atoms with Gasteiger partial charge in [-0.3, -0.25) is 4.79 Å². The van der Waals surface area contributed by atoms with E-state index in [2.05, 4.69) is 5.32 Å². The zero-order valence-corrected chi connectivity index (χ0v) is 11.3. The third-order valence-corrected chi connectivity index (χ3v) is 4.04. The van der Waals surface area contributed by atoms with Crippen LogP contribution < -0.4 is 15.8 Å². The average molecular weight is 278 g/mol. The summed E-state index contributed by atoms with van der Waals surface area (Å²) in [6.45, 7) is 1.37. The second-order valence-corrected chi connectivity index (χ2v) is 5.67. The van der Waals surface area contributed by atoms with Gasteiger partial charge in [0.2, 0.25) is 5.91 Å². The van der Waals surface area contributed by atoms with Gasteiger partial charge >= 0.3 is 0 Å². The molecule has 3 N–H and O–H groups in total.